The van der Waals surface area contributed by atoms with E-state index >= 15 is 0 Å². The molecule has 3 fully saturated rings. The number of nitrogens with zero attached hydrogens (tertiary/aromatic N) is 1. The van der Waals surface area contributed by atoms with Crippen LogP contribution in [0.15, 0.2) is 48.5 Å². The molecule has 7 heteroatoms. The Labute approximate surface area is 209 Å². The predicted molar refractivity (Wildman–Crippen MR) is 138 cm³/mol. The summed E-state index contributed by atoms with van der Waals surface area (Å²) in [5, 5.41) is -0.204. The number of likely N-dealkylation sites (tertiary alicyclic amines) is 1. The molecule has 2 saturated carbocycles. The smallest absolute Gasteiger partial charge is 0.235 e. The lowest BCUT2D eigenvalue weighted by Gasteiger charge is -2.35. The van der Waals surface area contributed by atoms with Gasteiger partial charge in [-0.25, -0.2) is 8.42 Å². The van der Waals surface area contributed by atoms with Crippen LogP contribution in [-0.4, -0.2) is 50.9 Å². The van der Waals surface area contributed by atoms with Gasteiger partial charge in [0.05, 0.1) is 10.9 Å². The summed E-state index contributed by atoms with van der Waals surface area (Å²) in [4.78, 5) is 2.61. The van der Waals surface area contributed by atoms with E-state index in [1.165, 1.54) is 16.7 Å². The van der Waals surface area contributed by atoms with Crippen LogP contribution in [0.5, 0.6) is 0 Å². The number of ether oxygens (including phenoxy) is 1. The first-order valence-electron chi connectivity index (χ1n) is 12.4. The summed E-state index contributed by atoms with van der Waals surface area (Å²) in [6.45, 7) is 5.45. The van der Waals surface area contributed by atoms with Gasteiger partial charge in [-0.2, -0.15) is 0 Å². The number of hydrogen-bond donors (Lipinski definition) is 1. The van der Waals surface area contributed by atoms with E-state index in [2.05, 4.69) is 52.9 Å². The van der Waals surface area contributed by atoms with E-state index in [0.29, 0.717) is 11.8 Å². The van der Waals surface area contributed by atoms with Crippen molar-refractivity contribution < 1.29 is 13.2 Å². The molecule has 2 aromatic rings. The first-order valence-corrected chi connectivity index (χ1v) is 13.9. The van der Waals surface area contributed by atoms with Gasteiger partial charge in [0, 0.05) is 50.7 Å². The zero-order valence-corrected chi connectivity index (χ0v) is 21.6. The Kier molecular flexibility index (Phi) is 6.03. The zero-order chi connectivity index (χ0) is 22.8. The van der Waals surface area contributed by atoms with E-state index in [9.17, 15) is 8.42 Å². The lowest BCUT2D eigenvalue weighted by Crippen LogP contribution is -2.46. The normalized spacial score (nSPS) is 29.2. The van der Waals surface area contributed by atoms with Crippen LogP contribution in [0.1, 0.15) is 42.9 Å². The van der Waals surface area contributed by atoms with Gasteiger partial charge in [-0.15, -0.1) is 12.4 Å². The molecule has 0 aromatic heterocycles. The Bertz CT molecular complexity index is 1140. The van der Waals surface area contributed by atoms with E-state index < -0.39 is 10.0 Å². The van der Waals surface area contributed by atoms with Crippen molar-refractivity contribution in [3.8, 4) is 0 Å². The van der Waals surface area contributed by atoms with Gasteiger partial charge in [0.1, 0.15) is 0 Å². The van der Waals surface area contributed by atoms with Crippen molar-refractivity contribution in [3.05, 3.63) is 65.2 Å². The fraction of sp³-hybridized carbons (Fsp3) is 0.556. The molecule has 0 spiro atoms. The number of methoxy groups -OCH3 is 1. The number of fused-ring (bicyclic) bond motifs is 2. The van der Waals surface area contributed by atoms with Crippen LogP contribution >= 0.6 is 12.4 Å². The van der Waals surface area contributed by atoms with Crippen molar-refractivity contribution in [2.45, 2.75) is 55.3 Å². The van der Waals surface area contributed by atoms with E-state index in [1.807, 2.05) is 19.2 Å². The van der Waals surface area contributed by atoms with Gasteiger partial charge < -0.3 is 4.74 Å². The molecule has 2 atom stereocenters. The maximum absolute atomic E-state index is 12.4. The lowest BCUT2D eigenvalue weighted by molar-refractivity contribution is -0.0276. The molecular formula is C27H35ClN2O3S. The molecule has 0 amide bonds. The molecule has 2 aromatic carbocycles. The van der Waals surface area contributed by atoms with E-state index in [1.54, 1.807) is 0 Å². The maximum Gasteiger partial charge on any atom is 0.235 e. The number of benzene rings is 2. The average molecular weight is 503 g/mol. The molecule has 1 N–H and O–H groups in total. The van der Waals surface area contributed by atoms with Gasteiger partial charge in [0.2, 0.25) is 10.0 Å². The summed E-state index contributed by atoms with van der Waals surface area (Å²) in [7, 11) is -1.37. The Morgan fingerprint density at radius 2 is 1.68 bits per heavy atom. The van der Waals surface area contributed by atoms with Crippen LogP contribution in [0.4, 0.5) is 5.69 Å². The SMILES string of the molecule is CCC1(c2cccc(NS(=O)(=O)C3CC3)c2)C2CN(CC3(OC)Cc4ccccc4C3)CC21.Cl. The quantitative estimate of drug-likeness (QED) is 0.581. The minimum atomic E-state index is -3.23. The molecule has 1 saturated heterocycles. The zero-order valence-electron chi connectivity index (χ0n) is 20.0. The van der Waals surface area contributed by atoms with Gasteiger partial charge in [-0.3, -0.25) is 9.62 Å². The fourth-order valence-corrected chi connectivity index (χ4v) is 8.37. The topological polar surface area (TPSA) is 58.6 Å². The highest BCUT2D eigenvalue weighted by atomic mass is 35.5. The summed E-state index contributed by atoms with van der Waals surface area (Å²) in [5.74, 6) is 1.27. The number of sulfonamides is 1. The highest BCUT2D eigenvalue weighted by molar-refractivity contribution is 7.93. The van der Waals surface area contributed by atoms with E-state index in [0.717, 1.165) is 57.4 Å². The highest BCUT2D eigenvalue weighted by Gasteiger charge is 2.67. The standard InChI is InChI=1S/C27H34N2O3S.ClH/c1-3-27(21-9-6-10-22(13-21)28-33(30,31)23-11-12-23)24-16-29(17-25(24)27)18-26(32-2)14-19-7-4-5-8-20(19)15-26;/h4-10,13,23-25,28H,3,11-12,14-18H2,1-2H3;1H. The third-order valence-corrected chi connectivity index (χ3v) is 10.8. The molecule has 5 nitrogen and oxygen atoms in total. The van der Waals surface area contributed by atoms with Crippen molar-refractivity contribution in [2.24, 2.45) is 11.8 Å². The first-order chi connectivity index (χ1) is 15.9. The van der Waals surface area contributed by atoms with Crippen molar-refractivity contribution in [2.75, 3.05) is 31.5 Å². The summed E-state index contributed by atoms with van der Waals surface area (Å²) >= 11 is 0. The molecule has 6 rings (SSSR count). The number of hydrogen-bond acceptors (Lipinski definition) is 4. The molecule has 2 unspecified atom stereocenters. The first kappa shape index (κ1) is 24.1. The average Bonchev–Trinajstić information content (AvgIpc) is 3.68. The fourth-order valence-electron chi connectivity index (χ4n) is 6.99. The summed E-state index contributed by atoms with van der Waals surface area (Å²) in [5.41, 5.74) is 4.93. The number of rotatable bonds is 8. The Hall–Kier alpha value is -1.60. The third-order valence-electron chi connectivity index (χ3n) is 8.91. The number of nitrogens with one attached hydrogen (secondary N) is 1. The van der Waals surface area contributed by atoms with Crippen LogP contribution in [-0.2, 0) is 33.0 Å². The Morgan fingerprint density at radius 1 is 1.03 bits per heavy atom. The third kappa shape index (κ3) is 3.87. The molecule has 184 valence electrons. The monoisotopic (exact) mass is 502 g/mol. The van der Waals surface area contributed by atoms with Crippen LogP contribution in [0.2, 0.25) is 0 Å². The Morgan fingerprint density at radius 3 is 2.24 bits per heavy atom. The maximum atomic E-state index is 12.4. The summed E-state index contributed by atoms with van der Waals surface area (Å²) in [6, 6.07) is 16.9. The molecule has 0 radical (unpaired) electrons. The van der Waals surface area contributed by atoms with Crippen LogP contribution in [0, 0.1) is 11.8 Å². The second-order valence-electron chi connectivity index (χ2n) is 10.7. The van der Waals surface area contributed by atoms with Crippen LogP contribution in [0.25, 0.3) is 0 Å². The second kappa shape index (κ2) is 8.51. The number of halogens is 1. The molecule has 1 aliphatic heterocycles. The largest absolute Gasteiger partial charge is 0.376 e. The van der Waals surface area contributed by atoms with Crippen molar-refractivity contribution >= 4 is 28.1 Å². The van der Waals surface area contributed by atoms with E-state index in [4.69, 9.17) is 4.74 Å². The molecule has 3 aliphatic carbocycles. The minimum absolute atomic E-state index is 0. The second-order valence-corrected chi connectivity index (χ2v) is 12.7. The van der Waals surface area contributed by atoms with Gasteiger partial charge in [-0.1, -0.05) is 43.3 Å². The van der Waals surface area contributed by atoms with Gasteiger partial charge in [0.15, 0.2) is 0 Å². The van der Waals surface area contributed by atoms with Crippen molar-refractivity contribution in [3.63, 3.8) is 0 Å². The van der Waals surface area contributed by atoms with Gasteiger partial charge in [-0.05, 0) is 59.9 Å². The molecule has 4 aliphatic rings. The number of anilines is 1. The minimum Gasteiger partial charge on any atom is -0.376 e. The highest BCUT2D eigenvalue weighted by Crippen LogP contribution is 2.65. The van der Waals surface area contributed by atoms with Gasteiger partial charge in [0.25, 0.3) is 0 Å². The van der Waals surface area contributed by atoms with Gasteiger partial charge >= 0.3 is 0 Å². The molecular weight excluding hydrogens is 468 g/mol. The Balaban J connectivity index is 0.00000241. The summed E-state index contributed by atoms with van der Waals surface area (Å²) < 4.78 is 33.8. The predicted octanol–water partition coefficient (Wildman–Crippen LogP) is 4.41. The van der Waals surface area contributed by atoms with Crippen LogP contribution < -0.4 is 4.72 Å². The summed E-state index contributed by atoms with van der Waals surface area (Å²) in [6.07, 6.45) is 4.64. The number of piperidine rings is 1. The lowest BCUT2D eigenvalue weighted by atomic mass is 9.87. The van der Waals surface area contributed by atoms with E-state index in [-0.39, 0.29) is 28.7 Å². The van der Waals surface area contributed by atoms with Crippen molar-refractivity contribution in [1.29, 1.82) is 0 Å². The molecule has 34 heavy (non-hydrogen) atoms. The molecule has 0 bridgehead atoms. The molecule has 1 heterocycles. The van der Waals surface area contributed by atoms with Crippen LogP contribution in [0.3, 0.4) is 0 Å². The van der Waals surface area contributed by atoms with Crippen molar-refractivity contribution in [1.82, 2.24) is 4.90 Å².